The standard InChI is InChI=1S/C32H42N4O3S2/c1-5-6-7-8-9-10-11-12-13-14-19-36-31(38)28(41-32(36)40)20-26-23(2)27(21-33)30(37)35(3)29(26)34-22-24-15-17-25(39-4)18-16-24/h15-18,20,34H,5-14,19,22H2,1-4H3/b28-20+. The maximum Gasteiger partial charge on any atom is 0.270 e. The lowest BCUT2D eigenvalue weighted by Crippen LogP contribution is -2.29. The van der Waals surface area contributed by atoms with Crippen LogP contribution in [0.1, 0.15) is 93.4 Å². The number of anilines is 1. The molecule has 0 atom stereocenters. The van der Waals surface area contributed by atoms with Gasteiger partial charge in [-0.2, -0.15) is 5.26 Å². The summed E-state index contributed by atoms with van der Waals surface area (Å²) in [7, 11) is 3.25. The van der Waals surface area contributed by atoms with Crippen LogP contribution in [0.25, 0.3) is 6.08 Å². The molecular formula is C32H42N4O3S2. The van der Waals surface area contributed by atoms with Gasteiger partial charge in [0.25, 0.3) is 11.5 Å². The first-order valence-electron chi connectivity index (χ1n) is 14.6. The number of ether oxygens (including phenoxy) is 1. The molecule has 1 N–H and O–H groups in total. The first-order chi connectivity index (χ1) is 19.8. The second-order valence-electron chi connectivity index (χ2n) is 10.5. The zero-order valence-electron chi connectivity index (χ0n) is 24.8. The quantitative estimate of drug-likeness (QED) is 0.124. The molecule has 0 spiro atoms. The number of hydrogen-bond donors (Lipinski definition) is 1. The first-order valence-corrected chi connectivity index (χ1v) is 15.8. The smallest absolute Gasteiger partial charge is 0.270 e. The van der Waals surface area contributed by atoms with Gasteiger partial charge in [0.05, 0.1) is 12.0 Å². The predicted octanol–water partition coefficient (Wildman–Crippen LogP) is 7.31. The van der Waals surface area contributed by atoms with Crippen molar-refractivity contribution in [2.75, 3.05) is 19.0 Å². The van der Waals surface area contributed by atoms with E-state index in [0.29, 0.717) is 39.3 Å². The fourth-order valence-electron chi connectivity index (χ4n) is 4.96. The number of rotatable bonds is 16. The highest BCUT2D eigenvalue weighted by molar-refractivity contribution is 8.26. The average molecular weight is 595 g/mol. The van der Waals surface area contributed by atoms with Gasteiger partial charge in [-0.25, -0.2) is 0 Å². The molecule has 1 aliphatic rings. The maximum absolute atomic E-state index is 13.4. The SMILES string of the molecule is CCCCCCCCCCCCN1C(=O)/C(=C\c2c(C)c(C#N)c(=O)n(C)c2NCc2ccc(OC)cc2)SC1=S. The molecule has 41 heavy (non-hydrogen) atoms. The Morgan fingerprint density at radius 1 is 1.02 bits per heavy atom. The number of nitrogens with zero attached hydrogens (tertiary/aromatic N) is 3. The molecule has 2 aromatic rings. The van der Waals surface area contributed by atoms with E-state index in [1.54, 1.807) is 32.1 Å². The lowest BCUT2D eigenvalue weighted by molar-refractivity contribution is -0.122. The van der Waals surface area contributed by atoms with Crippen LogP contribution in [-0.4, -0.2) is 33.3 Å². The fraction of sp³-hybridized carbons (Fsp3) is 0.500. The van der Waals surface area contributed by atoms with Crippen molar-refractivity contribution in [3.05, 3.63) is 61.8 Å². The van der Waals surface area contributed by atoms with E-state index in [-0.39, 0.29) is 17.0 Å². The van der Waals surface area contributed by atoms with Gasteiger partial charge in [0.15, 0.2) is 0 Å². The second kappa shape index (κ2) is 16.4. The summed E-state index contributed by atoms with van der Waals surface area (Å²) < 4.78 is 7.22. The van der Waals surface area contributed by atoms with Gasteiger partial charge in [-0.1, -0.05) is 101 Å². The lowest BCUT2D eigenvalue weighted by Gasteiger charge is -2.18. The summed E-state index contributed by atoms with van der Waals surface area (Å²) in [5.41, 5.74) is 1.85. The van der Waals surface area contributed by atoms with E-state index < -0.39 is 0 Å². The number of nitrogens with one attached hydrogen (secondary N) is 1. The minimum Gasteiger partial charge on any atom is -0.497 e. The molecular weight excluding hydrogens is 553 g/mol. The molecule has 1 fully saturated rings. The summed E-state index contributed by atoms with van der Waals surface area (Å²) in [5.74, 6) is 1.18. The number of thioether (sulfide) groups is 1. The molecule has 2 heterocycles. The summed E-state index contributed by atoms with van der Waals surface area (Å²) >= 11 is 6.85. The number of pyridine rings is 1. The van der Waals surface area contributed by atoms with Gasteiger partial charge < -0.3 is 10.1 Å². The molecule has 1 aromatic carbocycles. The van der Waals surface area contributed by atoms with E-state index in [4.69, 9.17) is 17.0 Å². The van der Waals surface area contributed by atoms with Crippen LogP contribution in [0.2, 0.25) is 0 Å². The maximum atomic E-state index is 13.4. The Morgan fingerprint density at radius 3 is 2.22 bits per heavy atom. The zero-order valence-corrected chi connectivity index (χ0v) is 26.4. The number of methoxy groups -OCH3 is 1. The largest absolute Gasteiger partial charge is 0.497 e. The third kappa shape index (κ3) is 8.70. The Morgan fingerprint density at radius 2 is 1.63 bits per heavy atom. The fourth-order valence-corrected chi connectivity index (χ4v) is 6.25. The molecule has 1 amide bonds. The second-order valence-corrected chi connectivity index (χ2v) is 12.1. The Bertz CT molecular complexity index is 1340. The predicted molar refractivity (Wildman–Crippen MR) is 173 cm³/mol. The number of unbranched alkanes of at least 4 members (excludes halogenated alkanes) is 9. The van der Waals surface area contributed by atoms with Crippen LogP contribution in [0.3, 0.4) is 0 Å². The number of amides is 1. The number of benzene rings is 1. The van der Waals surface area contributed by atoms with E-state index in [1.807, 2.05) is 30.3 Å². The van der Waals surface area contributed by atoms with Crippen LogP contribution >= 0.6 is 24.0 Å². The van der Waals surface area contributed by atoms with Crippen molar-refractivity contribution in [2.24, 2.45) is 7.05 Å². The van der Waals surface area contributed by atoms with Crippen molar-refractivity contribution in [3.63, 3.8) is 0 Å². The minimum atomic E-state index is -0.382. The van der Waals surface area contributed by atoms with E-state index in [9.17, 15) is 14.9 Å². The summed E-state index contributed by atoms with van der Waals surface area (Å²) in [6, 6.07) is 9.68. The van der Waals surface area contributed by atoms with Gasteiger partial charge in [0.2, 0.25) is 0 Å². The molecule has 1 aromatic heterocycles. The molecule has 0 saturated carbocycles. The van der Waals surface area contributed by atoms with Gasteiger partial charge in [0.1, 0.15) is 27.5 Å². The van der Waals surface area contributed by atoms with E-state index in [0.717, 1.165) is 24.2 Å². The van der Waals surface area contributed by atoms with E-state index in [1.165, 1.54) is 67.7 Å². The van der Waals surface area contributed by atoms with E-state index in [2.05, 4.69) is 12.2 Å². The highest BCUT2D eigenvalue weighted by Gasteiger charge is 2.32. The van der Waals surface area contributed by atoms with Crippen LogP contribution in [0.5, 0.6) is 5.75 Å². The highest BCUT2D eigenvalue weighted by atomic mass is 32.2. The highest BCUT2D eigenvalue weighted by Crippen LogP contribution is 2.35. The number of hydrogen-bond acceptors (Lipinski definition) is 7. The monoisotopic (exact) mass is 594 g/mol. The van der Waals surface area contributed by atoms with Crippen LogP contribution < -0.4 is 15.6 Å². The van der Waals surface area contributed by atoms with E-state index >= 15 is 0 Å². The molecule has 1 aliphatic heterocycles. The van der Waals surface area contributed by atoms with Gasteiger partial charge in [-0.15, -0.1) is 0 Å². The Labute approximate surface area is 254 Å². The van der Waals surface area contributed by atoms with Crippen molar-refractivity contribution < 1.29 is 9.53 Å². The third-order valence-electron chi connectivity index (χ3n) is 7.50. The normalized spacial score (nSPS) is 14.1. The average Bonchev–Trinajstić information content (AvgIpc) is 3.24. The summed E-state index contributed by atoms with van der Waals surface area (Å²) in [6.07, 6.45) is 14.1. The summed E-state index contributed by atoms with van der Waals surface area (Å²) in [6.45, 7) is 5.04. The van der Waals surface area contributed by atoms with Crippen LogP contribution in [0.4, 0.5) is 5.82 Å². The van der Waals surface area contributed by atoms with Crippen molar-refractivity contribution >= 4 is 46.1 Å². The Kier molecular flexibility index (Phi) is 13.0. The number of thiocarbonyl (C=S) groups is 1. The molecule has 220 valence electrons. The van der Waals surface area contributed by atoms with Crippen LogP contribution in [0, 0.1) is 18.3 Å². The first kappa shape index (κ1) is 32.4. The van der Waals surface area contributed by atoms with Crippen molar-refractivity contribution in [2.45, 2.75) is 84.6 Å². The molecule has 7 nitrogen and oxygen atoms in total. The van der Waals surface area contributed by atoms with Crippen molar-refractivity contribution in [1.29, 1.82) is 5.26 Å². The van der Waals surface area contributed by atoms with Crippen molar-refractivity contribution in [3.8, 4) is 11.8 Å². The molecule has 3 rings (SSSR count). The van der Waals surface area contributed by atoms with Crippen LogP contribution in [-0.2, 0) is 18.4 Å². The molecule has 9 heteroatoms. The van der Waals surface area contributed by atoms with Gasteiger partial charge >= 0.3 is 0 Å². The number of carbonyl (C=O) groups excluding carboxylic acids is 1. The molecule has 0 aliphatic carbocycles. The number of carbonyl (C=O) groups is 1. The van der Waals surface area contributed by atoms with Crippen LogP contribution in [0.15, 0.2) is 34.0 Å². The van der Waals surface area contributed by atoms with Crippen molar-refractivity contribution in [1.82, 2.24) is 9.47 Å². The zero-order chi connectivity index (χ0) is 29.8. The topological polar surface area (TPSA) is 87.4 Å². The summed E-state index contributed by atoms with van der Waals surface area (Å²) in [5, 5.41) is 13.1. The van der Waals surface area contributed by atoms with Gasteiger partial charge in [-0.05, 0) is 42.7 Å². The number of aromatic nitrogens is 1. The lowest BCUT2D eigenvalue weighted by atomic mass is 10.0. The summed E-state index contributed by atoms with van der Waals surface area (Å²) in [4.78, 5) is 28.5. The molecule has 0 radical (unpaired) electrons. The molecule has 1 saturated heterocycles. The Hall–Kier alpha value is -3.09. The van der Waals surface area contributed by atoms with Gasteiger partial charge in [0, 0.05) is 25.7 Å². The Balaban J connectivity index is 1.70. The molecule has 0 bridgehead atoms. The molecule has 0 unspecified atom stereocenters. The minimum absolute atomic E-state index is 0.0644. The third-order valence-corrected chi connectivity index (χ3v) is 8.88. The number of nitriles is 1. The van der Waals surface area contributed by atoms with Gasteiger partial charge in [-0.3, -0.25) is 19.1 Å².